The minimum absolute atomic E-state index is 0.0183. The van der Waals surface area contributed by atoms with E-state index in [1.54, 1.807) is 32.2 Å². The third-order valence-corrected chi connectivity index (χ3v) is 6.09. The number of hydrogen-bond donors (Lipinski definition) is 5. The molecule has 2 aromatic heterocycles. The summed E-state index contributed by atoms with van der Waals surface area (Å²) in [6, 6.07) is 6.72. The van der Waals surface area contributed by atoms with Crippen LogP contribution in [-0.4, -0.2) is 38.2 Å². The van der Waals surface area contributed by atoms with Gasteiger partial charge in [0.15, 0.2) is 0 Å². The number of H-pyrrole nitrogens is 1. The fraction of sp³-hybridized carbons (Fsp3) is 0.240. The van der Waals surface area contributed by atoms with Crippen LogP contribution in [0.5, 0.6) is 11.5 Å². The Morgan fingerprint density at radius 2 is 1.85 bits per heavy atom. The van der Waals surface area contributed by atoms with Gasteiger partial charge in [0.05, 0.1) is 0 Å². The van der Waals surface area contributed by atoms with Gasteiger partial charge in [0, 0.05) is 46.5 Å². The summed E-state index contributed by atoms with van der Waals surface area (Å²) in [5.74, 6) is -1.64. The molecule has 2 heterocycles. The standard InChI is InChI=1S/C25H24N2O7/c1-12-16-4-7-21(29)13(2)23(16)34-25(33)17(12)5-8-22(30)27-20(24(31)32)9-14-11-26-19-6-3-15(28)10-18(14)19/h3-4,6-7,10-11,20,26,28-29H,5,8-9H2,1-2H3,(H,27,30)(H,31,32). The van der Waals surface area contributed by atoms with Crippen molar-refractivity contribution in [2.75, 3.05) is 0 Å². The summed E-state index contributed by atoms with van der Waals surface area (Å²) in [5, 5.41) is 33.1. The number of phenols is 2. The minimum Gasteiger partial charge on any atom is -0.508 e. The number of carbonyl (C=O) groups excluding carboxylic acids is 1. The number of carbonyl (C=O) groups is 2. The molecule has 9 heteroatoms. The number of phenolic OH excluding ortho intramolecular Hbond substituents is 2. The first-order valence-electron chi connectivity index (χ1n) is 10.7. The molecule has 34 heavy (non-hydrogen) atoms. The lowest BCUT2D eigenvalue weighted by atomic mass is 10.00. The number of carboxylic acids is 1. The number of aromatic amines is 1. The molecule has 0 bridgehead atoms. The summed E-state index contributed by atoms with van der Waals surface area (Å²) in [4.78, 5) is 39.9. The van der Waals surface area contributed by atoms with Crippen LogP contribution < -0.4 is 10.9 Å². The summed E-state index contributed by atoms with van der Waals surface area (Å²) in [6.45, 7) is 3.39. The van der Waals surface area contributed by atoms with E-state index in [1.165, 1.54) is 18.2 Å². The summed E-state index contributed by atoms with van der Waals surface area (Å²) in [7, 11) is 0. The first kappa shape index (κ1) is 22.9. The van der Waals surface area contributed by atoms with E-state index in [2.05, 4.69) is 10.3 Å². The quantitative estimate of drug-likeness (QED) is 0.264. The highest BCUT2D eigenvalue weighted by Gasteiger charge is 2.23. The van der Waals surface area contributed by atoms with E-state index in [1.807, 2.05) is 0 Å². The normalized spacial score (nSPS) is 12.2. The smallest absolute Gasteiger partial charge is 0.339 e. The Labute approximate surface area is 193 Å². The largest absolute Gasteiger partial charge is 0.508 e. The number of benzene rings is 2. The van der Waals surface area contributed by atoms with Crippen LogP contribution in [0.4, 0.5) is 0 Å². The number of rotatable bonds is 7. The topological polar surface area (TPSA) is 153 Å². The summed E-state index contributed by atoms with van der Waals surface area (Å²) >= 11 is 0. The predicted octanol–water partition coefficient (Wildman–Crippen LogP) is 3.05. The molecule has 1 amide bonds. The molecule has 1 unspecified atom stereocenters. The molecular weight excluding hydrogens is 440 g/mol. The molecule has 0 spiro atoms. The first-order valence-corrected chi connectivity index (χ1v) is 10.7. The van der Waals surface area contributed by atoms with Crippen LogP contribution in [0, 0.1) is 13.8 Å². The second kappa shape index (κ2) is 8.93. The molecule has 0 fully saturated rings. The molecule has 4 aromatic rings. The Morgan fingerprint density at radius 1 is 1.09 bits per heavy atom. The molecule has 9 nitrogen and oxygen atoms in total. The number of aliphatic carboxylic acids is 1. The van der Waals surface area contributed by atoms with E-state index >= 15 is 0 Å². The lowest BCUT2D eigenvalue weighted by Gasteiger charge is -2.15. The average Bonchev–Trinajstić information content (AvgIpc) is 3.17. The van der Waals surface area contributed by atoms with E-state index < -0.39 is 23.5 Å². The summed E-state index contributed by atoms with van der Waals surface area (Å²) < 4.78 is 5.39. The zero-order valence-corrected chi connectivity index (χ0v) is 18.6. The van der Waals surface area contributed by atoms with Crippen molar-refractivity contribution in [1.29, 1.82) is 0 Å². The monoisotopic (exact) mass is 464 g/mol. The van der Waals surface area contributed by atoms with Gasteiger partial charge >= 0.3 is 11.6 Å². The van der Waals surface area contributed by atoms with E-state index in [-0.39, 0.29) is 30.8 Å². The number of aromatic nitrogens is 1. The van der Waals surface area contributed by atoms with E-state index in [4.69, 9.17) is 4.42 Å². The van der Waals surface area contributed by atoms with Crippen LogP contribution in [0.1, 0.15) is 28.7 Å². The van der Waals surface area contributed by atoms with Gasteiger partial charge in [-0.2, -0.15) is 0 Å². The van der Waals surface area contributed by atoms with E-state index in [9.17, 15) is 29.7 Å². The molecule has 0 saturated carbocycles. The number of amides is 1. The Bertz CT molecular complexity index is 1480. The molecule has 4 rings (SSSR count). The highest BCUT2D eigenvalue weighted by Crippen LogP contribution is 2.29. The Balaban J connectivity index is 1.49. The van der Waals surface area contributed by atoms with Crippen molar-refractivity contribution in [1.82, 2.24) is 10.3 Å². The van der Waals surface area contributed by atoms with Crippen LogP contribution in [0.2, 0.25) is 0 Å². The van der Waals surface area contributed by atoms with Gasteiger partial charge in [-0.05, 0) is 61.7 Å². The molecule has 1 atom stereocenters. The van der Waals surface area contributed by atoms with Gasteiger partial charge in [0.25, 0.3) is 0 Å². The van der Waals surface area contributed by atoms with Crippen LogP contribution >= 0.6 is 0 Å². The lowest BCUT2D eigenvalue weighted by Crippen LogP contribution is -2.42. The fourth-order valence-corrected chi connectivity index (χ4v) is 4.13. The van der Waals surface area contributed by atoms with Crippen LogP contribution in [-0.2, 0) is 22.4 Å². The molecular formula is C25H24N2O7. The van der Waals surface area contributed by atoms with Gasteiger partial charge in [0.2, 0.25) is 5.91 Å². The first-order chi connectivity index (χ1) is 16.2. The maximum Gasteiger partial charge on any atom is 0.339 e. The molecule has 0 aliphatic rings. The molecule has 2 aromatic carbocycles. The van der Waals surface area contributed by atoms with Crippen LogP contribution in [0.3, 0.4) is 0 Å². The van der Waals surface area contributed by atoms with Gasteiger partial charge in [-0.1, -0.05) is 0 Å². The fourth-order valence-electron chi connectivity index (χ4n) is 4.13. The number of aromatic hydroxyl groups is 2. The molecule has 0 aliphatic heterocycles. The van der Waals surface area contributed by atoms with Gasteiger partial charge in [0.1, 0.15) is 23.1 Å². The second-order valence-electron chi connectivity index (χ2n) is 8.29. The number of fused-ring (bicyclic) bond motifs is 2. The molecule has 176 valence electrons. The third kappa shape index (κ3) is 4.32. The predicted molar refractivity (Wildman–Crippen MR) is 125 cm³/mol. The average molecular weight is 464 g/mol. The van der Waals surface area contributed by atoms with Crippen molar-refractivity contribution in [3.8, 4) is 11.5 Å². The van der Waals surface area contributed by atoms with Gasteiger partial charge < -0.3 is 30.0 Å². The number of aryl methyl sites for hydroxylation is 2. The van der Waals surface area contributed by atoms with Gasteiger partial charge in [-0.15, -0.1) is 0 Å². The maximum absolute atomic E-state index is 12.6. The van der Waals surface area contributed by atoms with Crippen molar-refractivity contribution in [2.45, 2.75) is 39.2 Å². The summed E-state index contributed by atoms with van der Waals surface area (Å²) in [5.41, 5.74) is 2.51. The minimum atomic E-state index is -1.19. The van der Waals surface area contributed by atoms with Crippen molar-refractivity contribution in [3.63, 3.8) is 0 Å². The van der Waals surface area contributed by atoms with Crippen molar-refractivity contribution >= 4 is 33.7 Å². The third-order valence-electron chi connectivity index (χ3n) is 6.09. The Hall–Kier alpha value is -4.27. The van der Waals surface area contributed by atoms with E-state index in [0.29, 0.717) is 38.6 Å². The maximum atomic E-state index is 12.6. The Morgan fingerprint density at radius 3 is 2.59 bits per heavy atom. The SMILES string of the molecule is Cc1c(CCC(=O)NC(Cc2c[nH]c3ccc(O)cc23)C(=O)O)c(=O)oc2c(C)c(O)ccc12. The van der Waals surface area contributed by atoms with Crippen molar-refractivity contribution < 1.29 is 29.3 Å². The van der Waals surface area contributed by atoms with Crippen molar-refractivity contribution in [2.24, 2.45) is 0 Å². The molecule has 5 N–H and O–H groups in total. The van der Waals surface area contributed by atoms with Crippen molar-refractivity contribution in [3.05, 3.63) is 69.2 Å². The molecule has 0 radical (unpaired) electrons. The highest BCUT2D eigenvalue weighted by molar-refractivity contribution is 5.88. The Kier molecular flexibility index (Phi) is 6.02. The lowest BCUT2D eigenvalue weighted by molar-refractivity contribution is -0.141. The van der Waals surface area contributed by atoms with Gasteiger partial charge in [-0.3, -0.25) is 4.79 Å². The van der Waals surface area contributed by atoms with Crippen LogP contribution in [0.15, 0.2) is 45.7 Å². The molecule has 0 saturated heterocycles. The van der Waals surface area contributed by atoms with Crippen LogP contribution in [0.25, 0.3) is 21.9 Å². The summed E-state index contributed by atoms with van der Waals surface area (Å²) in [6.07, 6.45) is 1.63. The zero-order chi connectivity index (χ0) is 24.6. The second-order valence-corrected chi connectivity index (χ2v) is 8.29. The van der Waals surface area contributed by atoms with E-state index in [0.717, 1.165) is 5.52 Å². The zero-order valence-electron chi connectivity index (χ0n) is 18.6. The number of carboxylic acid groups (broad SMARTS) is 1. The highest BCUT2D eigenvalue weighted by atomic mass is 16.4. The number of hydrogen-bond acceptors (Lipinski definition) is 6. The number of nitrogens with one attached hydrogen (secondary N) is 2. The van der Waals surface area contributed by atoms with Gasteiger partial charge in [-0.25, -0.2) is 9.59 Å². The molecule has 0 aliphatic carbocycles.